The highest BCUT2D eigenvalue weighted by Gasteiger charge is 2.32. The van der Waals surface area contributed by atoms with Crippen LogP contribution in [0.15, 0.2) is 72.9 Å². The summed E-state index contributed by atoms with van der Waals surface area (Å²) in [6.45, 7) is 7.09. The van der Waals surface area contributed by atoms with Crippen molar-refractivity contribution in [2.24, 2.45) is 0 Å². The number of piperidine rings is 1. The number of hydrogen-bond donors (Lipinski definition) is 5. The summed E-state index contributed by atoms with van der Waals surface area (Å²) in [7, 11) is 0. The van der Waals surface area contributed by atoms with Crippen LogP contribution in [-0.4, -0.2) is 57.1 Å². The number of benzene rings is 3. The smallest absolute Gasteiger partial charge is 0.267 e. The number of amides is 1. The summed E-state index contributed by atoms with van der Waals surface area (Å²) >= 11 is 0. The first-order valence-electron chi connectivity index (χ1n) is 16.4. The number of nitrogens with zero attached hydrogens (tertiary/aromatic N) is 4. The number of ether oxygens (including phenoxy) is 1. The Hall–Kier alpha value is -5.79. The SMILES string of the molecule is CC(C)(O)COc1ccc(-c2cnc(N3CCC(C)(NCc4ccc(/C=C/C(=O)NO)cc4)CC3)c(C#N)c2-c2ccc(C#N)c(F)c2)cc1O. The molecule has 11 nitrogen and oxygen atoms in total. The second-order valence-electron chi connectivity index (χ2n) is 13.4. The van der Waals surface area contributed by atoms with Crippen LogP contribution in [0, 0.1) is 28.5 Å². The fourth-order valence-electron chi connectivity index (χ4n) is 5.85. The van der Waals surface area contributed by atoms with Gasteiger partial charge in [0, 0.05) is 48.6 Å². The molecule has 0 saturated carbocycles. The normalized spacial score (nSPS) is 14.2. The van der Waals surface area contributed by atoms with E-state index < -0.39 is 17.3 Å². The van der Waals surface area contributed by atoms with E-state index in [-0.39, 0.29) is 34.8 Å². The zero-order valence-electron chi connectivity index (χ0n) is 28.6. The Morgan fingerprint density at radius 3 is 2.39 bits per heavy atom. The second kappa shape index (κ2) is 15.4. The predicted octanol–water partition coefficient (Wildman–Crippen LogP) is 5.82. The van der Waals surface area contributed by atoms with Crippen LogP contribution >= 0.6 is 0 Å². The van der Waals surface area contributed by atoms with Gasteiger partial charge in [0.2, 0.25) is 0 Å². The summed E-state index contributed by atoms with van der Waals surface area (Å²) in [6.07, 6.45) is 5.95. The van der Waals surface area contributed by atoms with Crippen molar-refractivity contribution in [1.82, 2.24) is 15.8 Å². The van der Waals surface area contributed by atoms with Gasteiger partial charge in [0.25, 0.3) is 5.91 Å². The van der Waals surface area contributed by atoms with E-state index in [1.165, 1.54) is 24.3 Å². The molecule has 12 heteroatoms. The van der Waals surface area contributed by atoms with Gasteiger partial charge in [0.15, 0.2) is 11.5 Å². The Morgan fingerprint density at radius 2 is 1.78 bits per heavy atom. The molecule has 2 heterocycles. The fraction of sp³-hybridized carbons (Fsp3) is 0.282. The Kier molecular flexibility index (Phi) is 11.0. The molecule has 1 aliphatic heterocycles. The van der Waals surface area contributed by atoms with E-state index in [1.807, 2.05) is 35.2 Å². The van der Waals surface area contributed by atoms with Gasteiger partial charge in [-0.1, -0.05) is 36.4 Å². The second-order valence-corrected chi connectivity index (χ2v) is 13.4. The third-order valence-corrected chi connectivity index (χ3v) is 8.80. The number of pyridine rings is 1. The number of nitrogens with one attached hydrogen (secondary N) is 2. The van der Waals surface area contributed by atoms with Crippen molar-refractivity contribution in [3.8, 4) is 45.9 Å². The molecule has 0 unspecified atom stereocenters. The van der Waals surface area contributed by atoms with Crippen LogP contribution in [0.1, 0.15) is 55.9 Å². The molecule has 1 aromatic heterocycles. The minimum Gasteiger partial charge on any atom is -0.504 e. The van der Waals surface area contributed by atoms with Gasteiger partial charge in [0.1, 0.15) is 35.9 Å². The minimum atomic E-state index is -1.12. The number of aliphatic hydroxyl groups is 1. The highest BCUT2D eigenvalue weighted by molar-refractivity contribution is 5.91. The molecule has 3 aromatic carbocycles. The molecule has 0 bridgehead atoms. The standard InChI is InChI=1S/C39H39FN6O5/c1-38(2,49)24-51-34-12-11-27(19-33(34)47)31-23-43-37(30(21-42)36(31)28-9-10-29(20-41)32(40)18-28)46-16-14-39(3,15-17-46)44-22-26-6-4-25(5-7-26)8-13-35(48)45-50/h4-13,18-19,23,44,47,49-50H,14-17,22,24H2,1-3H3,(H,45,48)/b13-8+. The molecule has 0 atom stereocenters. The summed E-state index contributed by atoms with van der Waals surface area (Å²) < 4.78 is 20.6. The number of carbonyl (C=O) groups is 1. The first-order chi connectivity index (χ1) is 24.3. The van der Waals surface area contributed by atoms with Crippen LogP contribution in [0.5, 0.6) is 11.5 Å². The van der Waals surface area contributed by atoms with Gasteiger partial charge < -0.3 is 25.2 Å². The Bertz CT molecular complexity index is 2020. The van der Waals surface area contributed by atoms with Crippen LogP contribution in [0.2, 0.25) is 0 Å². The lowest BCUT2D eigenvalue weighted by Crippen LogP contribution is -2.51. The van der Waals surface area contributed by atoms with Crippen molar-refractivity contribution in [3.05, 3.63) is 101 Å². The number of nitriles is 2. The molecule has 0 aliphatic carbocycles. The summed E-state index contributed by atoms with van der Waals surface area (Å²) in [4.78, 5) is 18.0. The maximum Gasteiger partial charge on any atom is 0.267 e. The number of phenolic OH excluding ortho intramolecular Hbond substituents is 1. The molecule has 5 rings (SSSR count). The Balaban J connectivity index is 1.40. The van der Waals surface area contributed by atoms with E-state index in [4.69, 9.17) is 14.9 Å². The average molecular weight is 691 g/mol. The third kappa shape index (κ3) is 8.87. The lowest BCUT2D eigenvalue weighted by atomic mass is 9.88. The molecule has 262 valence electrons. The lowest BCUT2D eigenvalue weighted by Gasteiger charge is -2.41. The Morgan fingerprint density at radius 1 is 1.08 bits per heavy atom. The number of hydroxylamine groups is 1. The number of aromatic hydroxyl groups is 1. The van der Waals surface area contributed by atoms with Crippen LogP contribution in [-0.2, 0) is 11.3 Å². The number of carbonyl (C=O) groups excluding carboxylic acids is 1. The van der Waals surface area contributed by atoms with E-state index >= 15 is 0 Å². The number of phenols is 1. The predicted molar refractivity (Wildman–Crippen MR) is 190 cm³/mol. The van der Waals surface area contributed by atoms with Crippen molar-refractivity contribution < 1.29 is 29.3 Å². The number of halogens is 1. The molecule has 1 fully saturated rings. The van der Waals surface area contributed by atoms with Crippen LogP contribution < -0.4 is 20.4 Å². The minimum absolute atomic E-state index is 0.0468. The van der Waals surface area contributed by atoms with Crippen LogP contribution in [0.25, 0.3) is 28.3 Å². The van der Waals surface area contributed by atoms with Gasteiger partial charge in [-0.05, 0) is 86.2 Å². The van der Waals surface area contributed by atoms with Crippen molar-refractivity contribution in [1.29, 1.82) is 10.5 Å². The van der Waals surface area contributed by atoms with Gasteiger partial charge in [-0.25, -0.2) is 14.9 Å². The topological polar surface area (TPSA) is 175 Å². The van der Waals surface area contributed by atoms with Gasteiger partial charge in [0.05, 0.1) is 11.2 Å². The molecule has 5 N–H and O–H groups in total. The van der Waals surface area contributed by atoms with Gasteiger partial charge >= 0.3 is 0 Å². The van der Waals surface area contributed by atoms with Crippen molar-refractivity contribution >= 4 is 17.8 Å². The maximum atomic E-state index is 15.0. The van der Waals surface area contributed by atoms with Crippen molar-refractivity contribution in [2.45, 2.75) is 51.3 Å². The Labute approximate surface area is 295 Å². The molecule has 4 aromatic rings. The summed E-state index contributed by atoms with van der Waals surface area (Å²) in [5.41, 5.74) is 4.02. The van der Waals surface area contributed by atoms with E-state index in [2.05, 4.69) is 18.3 Å². The number of hydrogen-bond acceptors (Lipinski definition) is 10. The molecule has 1 amide bonds. The largest absolute Gasteiger partial charge is 0.504 e. The molecule has 51 heavy (non-hydrogen) atoms. The highest BCUT2D eigenvalue weighted by Crippen LogP contribution is 2.42. The third-order valence-electron chi connectivity index (χ3n) is 8.80. The molecule has 1 saturated heterocycles. The van der Waals surface area contributed by atoms with Crippen molar-refractivity contribution in [2.75, 3.05) is 24.6 Å². The first kappa shape index (κ1) is 36.5. The molecule has 0 spiro atoms. The molecular weight excluding hydrogens is 651 g/mol. The van der Waals surface area contributed by atoms with Crippen LogP contribution in [0.4, 0.5) is 10.2 Å². The van der Waals surface area contributed by atoms with Crippen molar-refractivity contribution in [3.63, 3.8) is 0 Å². The fourth-order valence-corrected chi connectivity index (χ4v) is 5.85. The van der Waals surface area contributed by atoms with E-state index in [9.17, 15) is 29.9 Å². The van der Waals surface area contributed by atoms with Gasteiger partial charge in [-0.3, -0.25) is 10.0 Å². The molecule has 1 aliphatic rings. The van der Waals surface area contributed by atoms with Gasteiger partial charge in [-0.2, -0.15) is 10.5 Å². The maximum absolute atomic E-state index is 15.0. The number of rotatable bonds is 11. The summed E-state index contributed by atoms with van der Waals surface area (Å²) in [5, 5.41) is 53.1. The van der Waals surface area contributed by atoms with Crippen LogP contribution in [0.3, 0.4) is 0 Å². The zero-order chi connectivity index (χ0) is 36.8. The summed E-state index contributed by atoms with van der Waals surface area (Å²) in [5.74, 6) is -0.884. The number of anilines is 1. The zero-order valence-corrected chi connectivity index (χ0v) is 28.6. The monoisotopic (exact) mass is 690 g/mol. The molecular formula is C39H39FN6O5. The first-order valence-corrected chi connectivity index (χ1v) is 16.4. The van der Waals surface area contributed by atoms with E-state index in [0.717, 1.165) is 24.0 Å². The van der Waals surface area contributed by atoms with E-state index in [0.29, 0.717) is 47.7 Å². The van der Waals surface area contributed by atoms with Gasteiger partial charge in [-0.15, -0.1) is 0 Å². The molecule has 0 radical (unpaired) electrons. The van der Waals surface area contributed by atoms with E-state index in [1.54, 1.807) is 49.8 Å². The highest BCUT2D eigenvalue weighted by atomic mass is 19.1. The quantitative estimate of drug-likeness (QED) is 0.0733. The summed E-state index contributed by atoms with van der Waals surface area (Å²) in [6, 6.07) is 20.8. The lowest BCUT2D eigenvalue weighted by molar-refractivity contribution is -0.124. The average Bonchev–Trinajstić information content (AvgIpc) is 3.12. The number of aromatic nitrogens is 1.